The molecule has 5 unspecified atom stereocenters. The van der Waals surface area contributed by atoms with Gasteiger partial charge in [-0.2, -0.15) is 0 Å². The minimum absolute atomic E-state index is 0.0573. The maximum Gasteiger partial charge on any atom is 0.482 e. The lowest BCUT2D eigenvalue weighted by Gasteiger charge is -2.64. The van der Waals surface area contributed by atoms with E-state index in [9.17, 15) is 14.4 Å². The zero-order chi connectivity index (χ0) is 35.2. The van der Waals surface area contributed by atoms with E-state index in [1.165, 1.54) is 7.11 Å². The van der Waals surface area contributed by atoms with Crippen LogP contribution in [0.4, 0.5) is 4.79 Å². The molecular formula is C36H56BN3O8. The third-order valence-electron chi connectivity index (χ3n) is 10.6. The Kier molecular flexibility index (Phi) is 10.2. The van der Waals surface area contributed by atoms with Crippen LogP contribution in [0.2, 0.25) is 0 Å². The van der Waals surface area contributed by atoms with E-state index in [1.807, 2.05) is 47.6 Å². The summed E-state index contributed by atoms with van der Waals surface area (Å²) in [5, 5.41) is 3.25. The molecule has 5 atom stereocenters. The highest BCUT2D eigenvalue weighted by atomic mass is 16.7. The van der Waals surface area contributed by atoms with Crippen LogP contribution in [0, 0.1) is 17.3 Å². The number of carbonyl (C=O) groups excluding carboxylic acids is 3. The van der Waals surface area contributed by atoms with E-state index in [0.29, 0.717) is 55.7 Å². The minimum atomic E-state index is -0.680. The number of methoxy groups -OCH3 is 1. The highest BCUT2D eigenvalue weighted by molar-refractivity contribution is 6.48. The van der Waals surface area contributed by atoms with Crippen LogP contribution >= 0.6 is 0 Å². The summed E-state index contributed by atoms with van der Waals surface area (Å²) < 4.78 is 30.5. The van der Waals surface area contributed by atoms with Crippen molar-refractivity contribution in [3.05, 3.63) is 29.3 Å². The average molecular weight is 670 g/mol. The van der Waals surface area contributed by atoms with Gasteiger partial charge in [-0.25, -0.2) is 9.59 Å². The molecule has 0 aromatic heterocycles. The number of hydrogen-bond donors (Lipinski definition) is 1. The van der Waals surface area contributed by atoms with Crippen molar-refractivity contribution in [2.24, 2.45) is 17.3 Å². The van der Waals surface area contributed by atoms with Crippen molar-refractivity contribution in [2.75, 3.05) is 39.8 Å². The molecule has 48 heavy (non-hydrogen) atoms. The second kappa shape index (κ2) is 13.5. The lowest BCUT2D eigenvalue weighted by Crippen LogP contribution is -2.65. The second-order valence-electron chi connectivity index (χ2n) is 16.8. The molecule has 6 rings (SSSR count). The van der Waals surface area contributed by atoms with Gasteiger partial charge in [-0.05, 0) is 103 Å². The van der Waals surface area contributed by atoms with E-state index < -0.39 is 35.8 Å². The standard InChI is InChI=1S/C36H56BN3O8/c1-33(2,3)45-31(42)25-14-11-13-23(30(25)44-10)19-28(37-47-27-21-24-20-26(35(24,7)8)36(27,9)48-37)38-29(41)22-39-15-12-16-40(18-17-39)32(43)46-34(4,5)6/h11,13-14,24,26-28H,12,15-22H2,1-10H3,(H,38,41). The predicted molar refractivity (Wildman–Crippen MR) is 183 cm³/mol. The van der Waals surface area contributed by atoms with Gasteiger partial charge >= 0.3 is 19.2 Å². The molecular weight excluding hydrogens is 613 g/mol. The van der Waals surface area contributed by atoms with Crippen molar-refractivity contribution in [3.8, 4) is 5.75 Å². The molecule has 0 radical (unpaired) electrons. The van der Waals surface area contributed by atoms with Crippen LogP contribution in [0.3, 0.4) is 0 Å². The van der Waals surface area contributed by atoms with Crippen LogP contribution in [0.25, 0.3) is 0 Å². The lowest BCUT2D eigenvalue weighted by molar-refractivity contribution is -0.199. The molecule has 3 aliphatic carbocycles. The second-order valence-corrected chi connectivity index (χ2v) is 16.8. The van der Waals surface area contributed by atoms with Gasteiger partial charge < -0.3 is 33.7 Å². The summed E-state index contributed by atoms with van der Waals surface area (Å²) >= 11 is 0. The minimum Gasteiger partial charge on any atom is -0.496 e. The molecule has 2 aliphatic heterocycles. The van der Waals surface area contributed by atoms with E-state index in [4.69, 9.17) is 23.5 Å². The van der Waals surface area contributed by atoms with Crippen molar-refractivity contribution in [1.82, 2.24) is 15.1 Å². The number of benzene rings is 1. The molecule has 1 N–H and O–H groups in total. The van der Waals surface area contributed by atoms with Crippen LogP contribution in [-0.2, 0) is 30.0 Å². The molecule has 266 valence electrons. The number of para-hydroxylation sites is 1. The van der Waals surface area contributed by atoms with Gasteiger partial charge in [0.15, 0.2) is 0 Å². The number of ether oxygens (including phenoxy) is 3. The van der Waals surface area contributed by atoms with Gasteiger partial charge in [0.1, 0.15) is 22.5 Å². The Morgan fingerprint density at radius 3 is 2.35 bits per heavy atom. The molecule has 5 fully saturated rings. The molecule has 0 spiro atoms. The van der Waals surface area contributed by atoms with E-state index in [-0.39, 0.29) is 30.1 Å². The fourth-order valence-electron chi connectivity index (χ4n) is 8.10. The van der Waals surface area contributed by atoms with E-state index >= 15 is 0 Å². The molecule has 5 aliphatic rings. The third kappa shape index (κ3) is 7.81. The largest absolute Gasteiger partial charge is 0.496 e. The number of amides is 2. The van der Waals surface area contributed by atoms with E-state index in [0.717, 1.165) is 24.8 Å². The number of esters is 1. The maximum atomic E-state index is 13.8. The van der Waals surface area contributed by atoms with Gasteiger partial charge in [0.2, 0.25) is 5.91 Å². The van der Waals surface area contributed by atoms with Crippen LogP contribution < -0.4 is 10.1 Å². The smallest absolute Gasteiger partial charge is 0.482 e. The van der Waals surface area contributed by atoms with Crippen molar-refractivity contribution >= 4 is 25.1 Å². The Balaban J connectivity index is 1.33. The van der Waals surface area contributed by atoms with Crippen LogP contribution in [-0.4, -0.2) is 104 Å². The molecule has 11 nitrogen and oxygen atoms in total. The molecule has 2 amide bonds. The van der Waals surface area contributed by atoms with Crippen molar-refractivity contribution in [3.63, 3.8) is 0 Å². The van der Waals surface area contributed by atoms with Gasteiger partial charge in [0.25, 0.3) is 0 Å². The van der Waals surface area contributed by atoms with Crippen LogP contribution in [0.15, 0.2) is 18.2 Å². The average Bonchev–Trinajstić information content (AvgIpc) is 3.16. The van der Waals surface area contributed by atoms with Gasteiger partial charge in [-0.15, -0.1) is 0 Å². The molecule has 12 heteroatoms. The third-order valence-corrected chi connectivity index (χ3v) is 10.6. The lowest BCUT2D eigenvalue weighted by atomic mass is 9.43. The summed E-state index contributed by atoms with van der Waals surface area (Å²) in [6.07, 6.45) is 2.71. The number of carbonyl (C=O) groups is 3. The first-order valence-corrected chi connectivity index (χ1v) is 17.5. The van der Waals surface area contributed by atoms with Gasteiger partial charge in [-0.1, -0.05) is 26.0 Å². The number of nitrogens with zero attached hydrogens (tertiary/aromatic N) is 2. The maximum absolute atomic E-state index is 13.8. The fraction of sp³-hybridized carbons (Fsp3) is 0.750. The first kappa shape index (κ1) is 36.5. The number of hydrogen-bond acceptors (Lipinski definition) is 9. The fourth-order valence-corrected chi connectivity index (χ4v) is 8.10. The molecule has 1 aromatic carbocycles. The summed E-state index contributed by atoms with van der Waals surface area (Å²) in [6, 6.07) is 5.39. The Labute approximate surface area is 286 Å². The zero-order valence-corrected chi connectivity index (χ0v) is 30.6. The van der Waals surface area contributed by atoms with Gasteiger partial charge in [0.05, 0.1) is 31.3 Å². The summed E-state index contributed by atoms with van der Waals surface area (Å²) in [7, 11) is 0.856. The Bertz CT molecular complexity index is 1370. The van der Waals surface area contributed by atoms with E-state index in [1.54, 1.807) is 17.0 Å². The monoisotopic (exact) mass is 669 g/mol. The van der Waals surface area contributed by atoms with Crippen molar-refractivity contribution in [2.45, 2.75) is 117 Å². The molecule has 1 aromatic rings. The van der Waals surface area contributed by atoms with Crippen molar-refractivity contribution < 1.29 is 37.9 Å². The van der Waals surface area contributed by atoms with Crippen molar-refractivity contribution in [1.29, 1.82) is 0 Å². The SMILES string of the molecule is COc1c(CC(NC(=O)CN2CCCN(C(=O)OC(C)(C)C)CC2)B2OC3CC4CC(C4(C)C)C3(C)O2)cccc1C(=O)OC(C)(C)C. The molecule has 2 saturated heterocycles. The quantitative estimate of drug-likeness (QED) is 0.305. The summed E-state index contributed by atoms with van der Waals surface area (Å²) in [4.78, 5) is 43.4. The Morgan fingerprint density at radius 1 is 1.00 bits per heavy atom. The Morgan fingerprint density at radius 2 is 1.71 bits per heavy atom. The first-order chi connectivity index (χ1) is 22.3. The van der Waals surface area contributed by atoms with E-state index in [2.05, 4.69) is 31.0 Å². The van der Waals surface area contributed by atoms with Gasteiger partial charge in [0, 0.05) is 26.2 Å². The molecule has 2 heterocycles. The molecule has 2 bridgehead atoms. The highest BCUT2D eigenvalue weighted by Crippen LogP contribution is 2.65. The first-order valence-electron chi connectivity index (χ1n) is 17.5. The number of nitrogens with one attached hydrogen (secondary N) is 1. The van der Waals surface area contributed by atoms with Crippen LogP contribution in [0.5, 0.6) is 5.75 Å². The predicted octanol–water partition coefficient (Wildman–Crippen LogP) is 4.89. The summed E-state index contributed by atoms with van der Waals surface area (Å²) in [5.41, 5.74) is -0.451. The Hall–Kier alpha value is -2.83. The normalized spacial score (nSPS) is 27.7. The zero-order valence-electron chi connectivity index (χ0n) is 30.6. The highest BCUT2D eigenvalue weighted by Gasteiger charge is 2.68. The summed E-state index contributed by atoms with van der Waals surface area (Å²) in [6.45, 7) is 20.3. The summed E-state index contributed by atoms with van der Waals surface area (Å²) in [5.74, 6) is 0.177. The van der Waals surface area contributed by atoms with Gasteiger partial charge in [-0.3, -0.25) is 9.69 Å². The number of rotatable bonds is 8. The van der Waals surface area contributed by atoms with Crippen LogP contribution in [0.1, 0.15) is 97.5 Å². The molecule has 3 saturated carbocycles. The topological polar surface area (TPSA) is 116 Å².